The third-order valence-electron chi connectivity index (χ3n) is 3.06. The minimum Gasteiger partial charge on any atom is -0.347 e. The lowest BCUT2D eigenvalue weighted by molar-refractivity contribution is -0.173. The van der Waals surface area contributed by atoms with E-state index in [0.29, 0.717) is 5.56 Å². The molecule has 2 aromatic rings. The third kappa shape index (κ3) is 6.08. The van der Waals surface area contributed by atoms with Crippen molar-refractivity contribution in [3.8, 4) is 23.7 Å². The molecule has 2 nitrogen and oxygen atoms in total. The molecule has 126 valence electrons. The van der Waals surface area contributed by atoms with Gasteiger partial charge in [0.05, 0.1) is 0 Å². The van der Waals surface area contributed by atoms with E-state index in [2.05, 4.69) is 23.7 Å². The molecule has 0 aliphatic carbocycles. The van der Waals surface area contributed by atoms with E-state index in [9.17, 15) is 18.0 Å². The molecule has 1 amide bonds. The molecule has 0 aromatic heterocycles. The number of rotatable bonds is 2. The Kier molecular flexibility index (Phi) is 6.26. The normalized spacial score (nSPS) is 10.0. The van der Waals surface area contributed by atoms with Crippen LogP contribution in [0.25, 0.3) is 0 Å². The summed E-state index contributed by atoms with van der Waals surface area (Å²) in [7, 11) is 0. The molecule has 0 fully saturated rings. The summed E-state index contributed by atoms with van der Waals surface area (Å²) in [5.74, 6) is 9.74. The summed E-state index contributed by atoms with van der Waals surface area (Å²) in [5, 5.41) is 1.78. The van der Waals surface area contributed by atoms with Crippen LogP contribution in [0.2, 0.25) is 0 Å². The number of hydrogen-bond donors (Lipinski definition) is 1. The van der Waals surface area contributed by atoms with E-state index in [4.69, 9.17) is 0 Å². The zero-order chi connectivity index (χ0) is 18.1. The molecule has 0 bridgehead atoms. The first-order chi connectivity index (χ1) is 12.0. The van der Waals surface area contributed by atoms with Crippen LogP contribution in [-0.2, 0) is 4.79 Å². The van der Waals surface area contributed by atoms with Crippen LogP contribution in [0, 0.1) is 23.7 Å². The molecule has 0 unspecified atom stereocenters. The van der Waals surface area contributed by atoms with E-state index in [0.717, 1.165) is 11.1 Å². The van der Waals surface area contributed by atoms with Crippen LogP contribution in [0.15, 0.2) is 54.6 Å². The smallest absolute Gasteiger partial charge is 0.347 e. The number of carbonyl (C=O) groups is 1. The molecule has 25 heavy (non-hydrogen) atoms. The Labute approximate surface area is 144 Å². The molecule has 0 aliphatic heterocycles. The Hall–Kier alpha value is -3.18. The first-order valence-corrected chi connectivity index (χ1v) is 7.47. The average Bonchev–Trinajstić information content (AvgIpc) is 2.60. The number of nitrogens with one attached hydrogen (secondary N) is 1. The van der Waals surface area contributed by atoms with Gasteiger partial charge in [-0.15, -0.1) is 0 Å². The van der Waals surface area contributed by atoms with Crippen LogP contribution in [0.4, 0.5) is 13.2 Å². The molecule has 0 saturated carbocycles. The Morgan fingerprint density at radius 3 is 2.12 bits per heavy atom. The highest BCUT2D eigenvalue weighted by molar-refractivity contribution is 5.81. The van der Waals surface area contributed by atoms with Crippen LogP contribution < -0.4 is 5.32 Å². The van der Waals surface area contributed by atoms with E-state index in [-0.39, 0.29) is 13.0 Å². The van der Waals surface area contributed by atoms with Gasteiger partial charge in [-0.25, -0.2) is 0 Å². The molecule has 2 aromatic carbocycles. The standard InChI is InChI=1S/C20H14F3NO/c21-20(22,23)19(25)24-15-7-6-12-17-10-4-5-11-18(17)14-13-16-8-2-1-3-9-16/h1-5,8-11H,7,15H2,(H,24,25). The van der Waals surface area contributed by atoms with Gasteiger partial charge in [-0.3, -0.25) is 4.79 Å². The number of benzene rings is 2. The Balaban J connectivity index is 2.00. The predicted molar refractivity (Wildman–Crippen MR) is 89.4 cm³/mol. The van der Waals surface area contributed by atoms with Crippen molar-refractivity contribution >= 4 is 5.91 Å². The Morgan fingerprint density at radius 2 is 1.48 bits per heavy atom. The second kappa shape index (κ2) is 8.61. The van der Waals surface area contributed by atoms with E-state index >= 15 is 0 Å². The van der Waals surface area contributed by atoms with Crippen molar-refractivity contribution in [2.24, 2.45) is 0 Å². The number of carbonyl (C=O) groups excluding carboxylic acids is 1. The molecule has 1 N–H and O–H groups in total. The lowest BCUT2D eigenvalue weighted by Crippen LogP contribution is -2.37. The molecule has 0 heterocycles. The molecule has 0 spiro atoms. The van der Waals surface area contributed by atoms with E-state index in [1.807, 2.05) is 48.5 Å². The van der Waals surface area contributed by atoms with Gasteiger partial charge in [0.2, 0.25) is 0 Å². The maximum Gasteiger partial charge on any atom is 0.471 e. The van der Waals surface area contributed by atoms with Crippen LogP contribution in [0.3, 0.4) is 0 Å². The number of halogens is 3. The maximum atomic E-state index is 12.0. The molecule has 0 aliphatic rings. The molecule has 2 rings (SSSR count). The average molecular weight is 341 g/mol. The van der Waals surface area contributed by atoms with Crippen LogP contribution >= 0.6 is 0 Å². The summed E-state index contributed by atoms with van der Waals surface area (Å²) in [5.41, 5.74) is 2.30. The van der Waals surface area contributed by atoms with E-state index in [1.54, 1.807) is 11.4 Å². The largest absolute Gasteiger partial charge is 0.471 e. The molecule has 0 atom stereocenters. The van der Waals surface area contributed by atoms with Gasteiger partial charge in [0.15, 0.2) is 0 Å². The fourth-order valence-corrected chi connectivity index (χ4v) is 1.86. The lowest BCUT2D eigenvalue weighted by atomic mass is 10.1. The number of amides is 1. The van der Waals surface area contributed by atoms with E-state index < -0.39 is 12.1 Å². The molecule has 0 radical (unpaired) electrons. The first-order valence-electron chi connectivity index (χ1n) is 7.47. The molecule has 0 saturated heterocycles. The van der Waals surface area contributed by atoms with Gasteiger partial charge in [-0.2, -0.15) is 13.2 Å². The highest BCUT2D eigenvalue weighted by Gasteiger charge is 2.38. The summed E-state index contributed by atoms with van der Waals surface area (Å²) < 4.78 is 36.1. The zero-order valence-electron chi connectivity index (χ0n) is 13.2. The van der Waals surface area contributed by atoms with Crippen molar-refractivity contribution in [3.05, 3.63) is 71.3 Å². The first kappa shape index (κ1) is 18.2. The van der Waals surface area contributed by atoms with Crippen molar-refractivity contribution in [2.75, 3.05) is 6.54 Å². The molecular formula is C20H14F3NO. The van der Waals surface area contributed by atoms with Crippen molar-refractivity contribution in [1.29, 1.82) is 0 Å². The quantitative estimate of drug-likeness (QED) is 0.657. The number of hydrogen-bond acceptors (Lipinski definition) is 1. The van der Waals surface area contributed by atoms with Gasteiger partial charge in [0, 0.05) is 29.7 Å². The zero-order valence-corrected chi connectivity index (χ0v) is 13.2. The Bertz CT molecular complexity index is 849. The van der Waals surface area contributed by atoms with Gasteiger partial charge in [0.25, 0.3) is 0 Å². The monoisotopic (exact) mass is 341 g/mol. The maximum absolute atomic E-state index is 12.0. The summed E-state index contributed by atoms with van der Waals surface area (Å²) in [6.07, 6.45) is -4.75. The van der Waals surface area contributed by atoms with Crippen LogP contribution in [0.1, 0.15) is 23.1 Å². The minimum atomic E-state index is -4.87. The third-order valence-corrected chi connectivity index (χ3v) is 3.06. The lowest BCUT2D eigenvalue weighted by Gasteiger charge is -2.05. The van der Waals surface area contributed by atoms with Crippen molar-refractivity contribution in [1.82, 2.24) is 5.32 Å². The second-order valence-corrected chi connectivity index (χ2v) is 4.97. The fourth-order valence-electron chi connectivity index (χ4n) is 1.86. The predicted octanol–water partition coefficient (Wildman–Crippen LogP) is 3.51. The minimum absolute atomic E-state index is 0.113. The topological polar surface area (TPSA) is 29.1 Å². The van der Waals surface area contributed by atoms with Gasteiger partial charge < -0.3 is 5.32 Å². The highest BCUT2D eigenvalue weighted by Crippen LogP contribution is 2.13. The van der Waals surface area contributed by atoms with Crippen molar-refractivity contribution < 1.29 is 18.0 Å². The summed E-state index contributed by atoms with van der Waals surface area (Å²) in [6, 6.07) is 16.7. The van der Waals surface area contributed by atoms with Crippen LogP contribution in [-0.4, -0.2) is 18.6 Å². The second-order valence-electron chi connectivity index (χ2n) is 4.97. The van der Waals surface area contributed by atoms with Gasteiger partial charge >= 0.3 is 12.1 Å². The van der Waals surface area contributed by atoms with Crippen LogP contribution in [0.5, 0.6) is 0 Å². The van der Waals surface area contributed by atoms with Gasteiger partial charge in [-0.05, 0) is 24.3 Å². The van der Waals surface area contributed by atoms with E-state index in [1.165, 1.54) is 0 Å². The highest BCUT2D eigenvalue weighted by atomic mass is 19.4. The summed E-state index contributed by atoms with van der Waals surface area (Å²) >= 11 is 0. The summed E-state index contributed by atoms with van der Waals surface area (Å²) in [6.45, 7) is -0.163. The van der Waals surface area contributed by atoms with Gasteiger partial charge in [0.1, 0.15) is 0 Å². The fraction of sp³-hybridized carbons (Fsp3) is 0.150. The molecule has 5 heteroatoms. The van der Waals surface area contributed by atoms with Crippen molar-refractivity contribution in [3.63, 3.8) is 0 Å². The summed E-state index contributed by atoms with van der Waals surface area (Å²) in [4.78, 5) is 10.7. The Morgan fingerprint density at radius 1 is 0.880 bits per heavy atom. The van der Waals surface area contributed by atoms with Gasteiger partial charge in [-0.1, -0.05) is 54.0 Å². The molecular weight excluding hydrogens is 327 g/mol. The van der Waals surface area contributed by atoms with Crippen molar-refractivity contribution in [2.45, 2.75) is 12.6 Å². The number of alkyl halides is 3. The SMILES string of the molecule is O=C(NCCC#Cc1ccccc1C#Cc1ccccc1)C(F)(F)F.